The lowest BCUT2D eigenvalue weighted by atomic mass is 10.0. The van der Waals surface area contributed by atoms with Crippen molar-refractivity contribution >= 4 is 11.8 Å². The molecule has 22 heavy (non-hydrogen) atoms. The van der Waals surface area contributed by atoms with Crippen molar-refractivity contribution in [1.82, 2.24) is 0 Å². The number of aliphatic hydroxyl groups is 1. The molecule has 0 aromatic rings. The molecule has 1 aliphatic heterocycles. The number of aliphatic hydroxyl groups excluding tert-OH is 1. The first-order chi connectivity index (χ1) is 10.6. The van der Waals surface area contributed by atoms with Crippen molar-refractivity contribution in [2.75, 3.05) is 0 Å². The minimum atomic E-state index is -0.689. The van der Waals surface area contributed by atoms with E-state index in [1.54, 1.807) is 0 Å². The lowest BCUT2D eigenvalue weighted by Gasteiger charge is -2.16. The zero-order valence-electron chi connectivity index (χ0n) is 13.8. The van der Waals surface area contributed by atoms with Gasteiger partial charge < -0.3 is 9.84 Å². The van der Waals surface area contributed by atoms with Gasteiger partial charge in [-0.2, -0.15) is 0 Å². The highest BCUT2D eigenvalue weighted by Gasteiger charge is 2.20. The van der Waals surface area contributed by atoms with Gasteiger partial charge in [-0.1, -0.05) is 51.5 Å². The fourth-order valence-electron chi connectivity index (χ4n) is 2.62. The molecule has 0 fully saturated rings. The summed E-state index contributed by atoms with van der Waals surface area (Å²) in [6.45, 7) is 2.09. The summed E-state index contributed by atoms with van der Waals surface area (Å²) in [5.74, 6) is -0.485. The third kappa shape index (κ3) is 8.32. The van der Waals surface area contributed by atoms with E-state index >= 15 is 0 Å². The molecule has 0 saturated heterocycles. The second-order valence-corrected chi connectivity index (χ2v) is 6.11. The lowest BCUT2D eigenvalue weighted by molar-refractivity contribution is -0.154. The average molecular weight is 310 g/mol. The quantitative estimate of drug-likeness (QED) is 0.635. The maximum Gasteiger partial charge on any atom is 0.306 e. The summed E-state index contributed by atoms with van der Waals surface area (Å²) in [5.41, 5.74) is 0. The molecule has 126 valence electrons. The van der Waals surface area contributed by atoms with E-state index in [-0.39, 0.29) is 11.8 Å². The molecule has 0 unspecified atom stereocenters. The molecule has 4 heteroatoms. The fourth-order valence-corrected chi connectivity index (χ4v) is 2.62. The van der Waals surface area contributed by atoms with Crippen LogP contribution in [0.3, 0.4) is 0 Å². The first kappa shape index (κ1) is 18.9. The molecule has 1 aliphatic rings. The highest BCUT2D eigenvalue weighted by molar-refractivity contribution is 5.94. The highest BCUT2D eigenvalue weighted by atomic mass is 16.5. The van der Waals surface area contributed by atoms with Crippen LogP contribution in [-0.2, 0) is 14.3 Å². The number of hydrogen-bond acceptors (Lipinski definition) is 4. The highest BCUT2D eigenvalue weighted by Crippen LogP contribution is 2.14. The summed E-state index contributed by atoms with van der Waals surface area (Å²) in [4.78, 5) is 24.1. The predicted octanol–water partition coefficient (Wildman–Crippen LogP) is 3.71. The van der Waals surface area contributed by atoms with Crippen LogP contribution in [0.2, 0.25) is 0 Å². The molecule has 0 spiro atoms. The van der Waals surface area contributed by atoms with Crippen LogP contribution < -0.4 is 0 Å². The summed E-state index contributed by atoms with van der Waals surface area (Å²) >= 11 is 0. The zero-order valence-corrected chi connectivity index (χ0v) is 13.8. The van der Waals surface area contributed by atoms with Gasteiger partial charge in [0.2, 0.25) is 0 Å². The number of cyclic esters (lactones) is 1. The van der Waals surface area contributed by atoms with Gasteiger partial charge in [0, 0.05) is 6.42 Å². The van der Waals surface area contributed by atoms with Gasteiger partial charge in [-0.15, -0.1) is 0 Å². The van der Waals surface area contributed by atoms with Gasteiger partial charge in [-0.3, -0.25) is 9.59 Å². The molecular weight excluding hydrogens is 280 g/mol. The summed E-state index contributed by atoms with van der Waals surface area (Å²) in [6.07, 6.45) is 11.1. The van der Waals surface area contributed by atoms with Crippen molar-refractivity contribution in [1.29, 1.82) is 0 Å². The van der Waals surface area contributed by atoms with E-state index in [0.717, 1.165) is 51.4 Å². The standard InChI is InChI=1S/C18H30O4/c1-2-3-7-11-17-16(20)14-13-15(19)10-8-5-4-6-9-12-18(21)22-17/h13-15,17,19H,2-12H2,1H3/t15-,17-/m1/s1. The third-order valence-electron chi connectivity index (χ3n) is 4.02. The second-order valence-electron chi connectivity index (χ2n) is 6.11. The van der Waals surface area contributed by atoms with E-state index < -0.39 is 12.2 Å². The molecule has 0 saturated carbocycles. The molecule has 0 aromatic heterocycles. The fraction of sp³-hybridized carbons (Fsp3) is 0.778. The smallest absolute Gasteiger partial charge is 0.306 e. The van der Waals surface area contributed by atoms with Crippen molar-refractivity contribution in [3.05, 3.63) is 12.2 Å². The SMILES string of the molecule is CCCCC[C@H]1OC(=O)CCCCCCC[C@@H](O)C=CC1=O. The molecule has 0 aromatic carbocycles. The Balaban J connectivity index is 2.66. The Morgan fingerprint density at radius 3 is 2.64 bits per heavy atom. The minimum Gasteiger partial charge on any atom is -0.454 e. The van der Waals surface area contributed by atoms with Gasteiger partial charge in [-0.05, 0) is 31.8 Å². The topological polar surface area (TPSA) is 63.6 Å². The number of carbonyl (C=O) groups excluding carboxylic acids is 2. The second kappa shape index (κ2) is 11.4. The number of unbranched alkanes of at least 4 members (excludes halogenated alkanes) is 2. The molecule has 1 heterocycles. The van der Waals surface area contributed by atoms with Crippen molar-refractivity contribution in [3.63, 3.8) is 0 Å². The van der Waals surface area contributed by atoms with Gasteiger partial charge in [-0.25, -0.2) is 0 Å². The molecule has 0 amide bonds. The van der Waals surface area contributed by atoms with Gasteiger partial charge >= 0.3 is 5.97 Å². The lowest BCUT2D eigenvalue weighted by Crippen LogP contribution is -2.26. The Hall–Kier alpha value is -1.16. The Morgan fingerprint density at radius 1 is 1.14 bits per heavy atom. The Kier molecular flexibility index (Phi) is 9.80. The van der Waals surface area contributed by atoms with Crippen molar-refractivity contribution in [3.8, 4) is 0 Å². The minimum absolute atomic E-state index is 0.208. The van der Waals surface area contributed by atoms with Gasteiger partial charge in [0.15, 0.2) is 11.9 Å². The molecule has 2 atom stereocenters. The number of ketones is 1. The summed E-state index contributed by atoms with van der Waals surface area (Å²) in [7, 11) is 0. The van der Waals surface area contributed by atoms with Crippen LogP contribution >= 0.6 is 0 Å². The summed E-state index contributed by atoms with van der Waals surface area (Å²) in [6, 6.07) is 0. The first-order valence-corrected chi connectivity index (χ1v) is 8.73. The number of carbonyl (C=O) groups is 2. The van der Waals surface area contributed by atoms with Gasteiger partial charge in [0.25, 0.3) is 0 Å². The summed E-state index contributed by atoms with van der Waals surface area (Å²) in [5, 5.41) is 9.84. The van der Waals surface area contributed by atoms with E-state index in [4.69, 9.17) is 4.74 Å². The van der Waals surface area contributed by atoms with Gasteiger partial charge in [0.05, 0.1) is 6.10 Å². The van der Waals surface area contributed by atoms with Crippen LogP contribution in [0.5, 0.6) is 0 Å². The number of rotatable bonds is 4. The van der Waals surface area contributed by atoms with E-state index in [1.807, 2.05) is 0 Å². The molecule has 0 aliphatic carbocycles. The molecule has 0 radical (unpaired) electrons. The largest absolute Gasteiger partial charge is 0.454 e. The third-order valence-corrected chi connectivity index (χ3v) is 4.02. The van der Waals surface area contributed by atoms with Crippen LogP contribution in [0, 0.1) is 0 Å². The monoisotopic (exact) mass is 310 g/mol. The van der Waals surface area contributed by atoms with E-state index in [0.29, 0.717) is 19.3 Å². The number of esters is 1. The van der Waals surface area contributed by atoms with E-state index in [2.05, 4.69) is 6.92 Å². The Labute approximate surface area is 133 Å². The zero-order chi connectivity index (χ0) is 16.2. The van der Waals surface area contributed by atoms with Crippen LogP contribution in [-0.4, -0.2) is 29.1 Å². The molecule has 1 rings (SSSR count). The molecular formula is C18H30O4. The van der Waals surface area contributed by atoms with Crippen molar-refractivity contribution < 1.29 is 19.4 Å². The summed E-state index contributed by atoms with van der Waals surface area (Å²) < 4.78 is 5.37. The normalized spacial score (nSPS) is 25.5. The van der Waals surface area contributed by atoms with Crippen molar-refractivity contribution in [2.24, 2.45) is 0 Å². The Bertz CT molecular complexity index is 362. The van der Waals surface area contributed by atoms with Crippen LogP contribution in [0.4, 0.5) is 0 Å². The molecule has 4 nitrogen and oxygen atoms in total. The average Bonchev–Trinajstić information content (AvgIpc) is 2.50. The number of ether oxygens (including phenoxy) is 1. The van der Waals surface area contributed by atoms with Crippen LogP contribution in [0.25, 0.3) is 0 Å². The van der Waals surface area contributed by atoms with E-state index in [9.17, 15) is 14.7 Å². The maximum absolute atomic E-state index is 12.2. The maximum atomic E-state index is 12.2. The van der Waals surface area contributed by atoms with Gasteiger partial charge in [0.1, 0.15) is 0 Å². The van der Waals surface area contributed by atoms with Crippen LogP contribution in [0.1, 0.15) is 77.6 Å². The first-order valence-electron chi connectivity index (χ1n) is 8.73. The van der Waals surface area contributed by atoms with Crippen molar-refractivity contribution in [2.45, 2.75) is 89.8 Å². The number of hydrogen-bond donors (Lipinski definition) is 1. The van der Waals surface area contributed by atoms with Crippen LogP contribution in [0.15, 0.2) is 12.2 Å². The Morgan fingerprint density at radius 2 is 1.86 bits per heavy atom. The molecule has 0 bridgehead atoms. The molecule has 1 N–H and O–H groups in total. The van der Waals surface area contributed by atoms with E-state index in [1.165, 1.54) is 12.2 Å². The predicted molar refractivity (Wildman–Crippen MR) is 86.5 cm³/mol.